The summed E-state index contributed by atoms with van der Waals surface area (Å²) in [4.78, 5) is 16.5. The summed E-state index contributed by atoms with van der Waals surface area (Å²) < 4.78 is 0.970. The van der Waals surface area contributed by atoms with Crippen molar-refractivity contribution in [3.05, 3.63) is 82.6 Å². The van der Waals surface area contributed by atoms with Gasteiger partial charge in [0.2, 0.25) is 0 Å². The Hall–Kier alpha value is -3.17. The van der Waals surface area contributed by atoms with E-state index in [1.54, 1.807) is 42.6 Å². The van der Waals surface area contributed by atoms with E-state index in [1.807, 2.05) is 30.3 Å². The van der Waals surface area contributed by atoms with E-state index in [4.69, 9.17) is 5.26 Å². The van der Waals surface area contributed by atoms with Gasteiger partial charge in [0.25, 0.3) is 5.91 Å². The molecule has 0 aliphatic carbocycles. The summed E-state index contributed by atoms with van der Waals surface area (Å²) in [5.74, 6) is -0.364. The third-order valence-corrected chi connectivity index (χ3v) is 3.90. The Balaban J connectivity index is 1.71. The number of aromatic nitrogens is 1. The molecule has 3 rings (SSSR count). The van der Waals surface area contributed by atoms with Crippen molar-refractivity contribution in [3.8, 4) is 6.07 Å². The second kappa shape index (κ2) is 7.60. The van der Waals surface area contributed by atoms with Gasteiger partial charge in [-0.15, -0.1) is 0 Å². The minimum atomic E-state index is -0.364. The molecule has 2 aromatic carbocycles. The summed E-state index contributed by atoms with van der Waals surface area (Å²) in [7, 11) is 0. The molecule has 0 spiro atoms. The molecular formula is C19H13BrN4O. The van der Waals surface area contributed by atoms with Gasteiger partial charge in [0.15, 0.2) is 0 Å². The van der Waals surface area contributed by atoms with Crippen LogP contribution in [-0.4, -0.2) is 10.9 Å². The summed E-state index contributed by atoms with van der Waals surface area (Å²) in [5, 5.41) is 15.0. The molecule has 3 aromatic rings. The van der Waals surface area contributed by atoms with Crippen LogP contribution in [0.5, 0.6) is 0 Å². The number of benzene rings is 2. The first-order valence-electron chi connectivity index (χ1n) is 7.45. The van der Waals surface area contributed by atoms with Gasteiger partial charge in [-0.05, 0) is 42.5 Å². The normalized spacial score (nSPS) is 9.92. The van der Waals surface area contributed by atoms with Crippen LogP contribution in [0.1, 0.15) is 16.1 Å². The number of amides is 1. The number of hydrogen-bond acceptors (Lipinski definition) is 4. The van der Waals surface area contributed by atoms with E-state index in [1.165, 1.54) is 0 Å². The zero-order chi connectivity index (χ0) is 17.6. The molecule has 0 aliphatic heterocycles. The molecular weight excluding hydrogens is 380 g/mol. The highest BCUT2D eigenvalue weighted by Crippen LogP contribution is 2.20. The number of hydrogen-bond donors (Lipinski definition) is 2. The number of rotatable bonds is 4. The molecule has 5 nitrogen and oxygen atoms in total. The molecule has 0 atom stereocenters. The third kappa shape index (κ3) is 4.22. The number of carbonyl (C=O) groups is 1. The molecule has 0 radical (unpaired) electrons. The predicted molar refractivity (Wildman–Crippen MR) is 101 cm³/mol. The zero-order valence-electron chi connectivity index (χ0n) is 13.0. The smallest absolute Gasteiger partial charge is 0.274 e. The number of carbonyl (C=O) groups excluding carboxylic acids is 1. The molecule has 1 heterocycles. The monoisotopic (exact) mass is 392 g/mol. The molecule has 0 bridgehead atoms. The predicted octanol–water partition coefficient (Wildman–Crippen LogP) is 4.71. The lowest BCUT2D eigenvalue weighted by Gasteiger charge is -2.08. The summed E-state index contributed by atoms with van der Waals surface area (Å²) in [6.45, 7) is 0. The van der Waals surface area contributed by atoms with Gasteiger partial charge >= 0.3 is 0 Å². The number of pyridine rings is 1. The molecule has 0 fully saturated rings. The first-order chi connectivity index (χ1) is 12.2. The number of anilines is 3. The van der Waals surface area contributed by atoms with E-state index >= 15 is 0 Å². The van der Waals surface area contributed by atoms with E-state index < -0.39 is 0 Å². The molecule has 1 aromatic heterocycles. The van der Waals surface area contributed by atoms with Gasteiger partial charge in [-0.2, -0.15) is 5.26 Å². The molecule has 122 valence electrons. The van der Waals surface area contributed by atoms with Gasteiger partial charge in [-0.25, -0.2) is 4.98 Å². The summed E-state index contributed by atoms with van der Waals surface area (Å²) in [5.41, 5.74) is 2.83. The Kier molecular flexibility index (Phi) is 5.07. The molecule has 6 heteroatoms. The molecule has 25 heavy (non-hydrogen) atoms. The van der Waals surface area contributed by atoms with Crippen molar-refractivity contribution in [2.75, 3.05) is 10.6 Å². The van der Waals surface area contributed by atoms with Gasteiger partial charge in [0.05, 0.1) is 23.1 Å². The van der Waals surface area contributed by atoms with Crippen LogP contribution in [0.2, 0.25) is 0 Å². The number of nitrogens with one attached hydrogen (secondary N) is 2. The zero-order valence-corrected chi connectivity index (χ0v) is 14.6. The van der Waals surface area contributed by atoms with Crippen LogP contribution in [0.4, 0.5) is 17.1 Å². The van der Waals surface area contributed by atoms with Gasteiger partial charge in [0, 0.05) is 10.2 Å². The lowest BCUT2D eigenvalue weighted by atomic mass is 10.2. The fraction of sp³-hybridized carbons (Fsp3) is 0. The lowest BCUT2D eigenvalue weighted by molar-refractivity contribution is 0.102. The van der Waals surface area contributed by atoms with Gasteiger partial charge < -0.3 is 10.6 Å². The van der Waals surface area contributed by atoms with E-state index in [0.717, 1.165) is 15.8 Å². The maximum absolute atomic E-state index is 12.3. The Morgan fingerprint density at radius 2 is 1.88 bits per heavy atom. The van der Waals surface area contributed by atoms with Crippen molar-refractivity contribution >= 4 is 38.9 Å². The van der Waals surface area contributed by atoms with Crippen LogP contribution in [0.15, 0.2) is 71.3 Å². The number of halogens is 1. The highest BCUT2D eigenvalue weighted by atomic mass is 79.9. The van der Waals surface area contributed by atoms with Crippen LogP contribution >= 0.6 is 15.9 Å². The molecule has 0 saturated heterocycles. The quantitative estimate of drug-likeness (QED) is 0.673. The van der Waals surface area contributed by atoms with Gasteiger partial charge in [-0.3, -0.25) is 4.79 Å². The fourth-order valence-corrected chi connectivity index (χ4v) is 2.61. The maximum Gasteiger partial charge on any atom is 0.274 e. The fourth-order valence-electron chi connectivity index (χ4n) is 2.21. The average Bonchev–Trinajstić information content (AvgIpc) is 2.63. The maximum atomic E-state index is 12.3. The summed E-state index contributed by atoms with van der Waals surface area (Å²) >= 11 is 3.42. The van der Waals surface area contributed by atoms with Crippen molar-refractivity contribution < 1.29 is 4.79 Å². The molecule has 2 N–H and O–H groups in total. The van der Waals surface area contributed by atoms with E-state index in [0.29, 0.717) is 11.3 Å². The van der Waals surface area contributed by atoms with Crippen LogP contribution in [0.3, 0.4) is 0 Å². The summed E-state index contributed by atoms with van der Waals surface area (Å²) in [6.07, 6.45) is 1.59. The van der Waals surface area contributed by atoms with Crippen LogP contribution in [0, 0.1) is 11.3 Å². The molecule has 0 aliphatic rings. The van der Waals surface area contributed by atoms with Crippen molar-refractivity contribution in [1.82, 2.24) is 4.98 Å². The molecule has 1 amide bonds. The van der Waals surface area contributed by atoms with Crippen LogP contribution in [0.25, 0.3) is 0 Å². The highest BCUT2D eigenvalue weighted by molar-refractivity contribution is 9.10. The average molecular weight is 393 g/mol. The van der Waals surface area contributed by atoms with Crippen molar-refractivity contribution in [1.29, 1.82) is 5.26 Å². The summed E-state index contributed by atoms with van der Waals surface area (Å²) in [6, 6.07) is 20.0. The van der Waals surface area contributed by atoms with E-state index in [9.17, 15) is 4.79 Å². The largest absolute Gasteiger partial charge is 0.354 e. The van der Waals surface area contributed by atoms with Crippen molar-refractivity contribution in [3.63, 3.8) is 0 Å². The van der Waals surface area contributed by atoms with E-state index in [2.05, 4.69) is 31.5 Å². The lowest BCUT2D eigenvalue weighted by Crippen LogP contribution is -2.14. The topological polar surface area (TPSA) is 77.8 Å². The first kappa shape index (κ1) is 16.7. The Morgan fingerprint density at radius 3 is 2.60 bits per heavy atom. The highest BCUT2D eigenvalue weighted by Gasteiger charge is 2.10. The van der Waals surface area contributed by atoms with Gasteiger partial charge in [-0.1, -0.05) is 34.1 Å². The molecule has 0 saturated carbocycles. The molecule has 0 unspecified atom stereocenters. The minimum Gasteiger partial charge on any atom is -0.354 e. The number of para-hydroxylation sites is 1. The van der Waals surface area contributed by atoms with Crippen LogP contribution < -0.4 is 10.6 Å². The van der Waals surface area contributed by atoms with Crippen LogP contribution in [-0.2, 0) is 0 Å². The SMILES string of the molecule is N#Cc1ccccc1NC(=O)c1ccc(Nc2cccc(Br)c2)cn1. The Morgan fingerprint density at radius 1 is 1.04 bits per heavy atom. The second-order valence-corrected chi connectivity index (χ2v) is 6.09. The Bertz CT molecular complexity index is 948. The standard InChI is InChI=1S/C19H13BrN4O/c20-14-5-3-6-15(10-14)23-16-8-9-18(22-12-16)19(25)24-17-7-2-1-4-13(17)11-21/h1-10,12,23H,(H,24,25). The Labute approximate surface area is 153 Å². The van der Waals surface area contributed by atoms with Crippen molar-refractivity contribution in [2.24, 2.45) is 0 Å². The van der Waals surface area contributed by atoms with Gasteiger partial charge in [0.1, 0.15) is 11.8 Å². The number of nitriles is 1. The third-order valence-electron chi connectivity index (χ3n) is 3.41. The first-order valence-corrected chi connectivity index (χ1v) is 8.24. The van der Waals surface area contributed by atoms with E-state index in [-0.39, 0.29) is 11.6 Å². The second-order valence-electron chi connectivity index (χ2n) is 5.18. The number of nitrogens with zero attached hydrogens (tertiary/aromatic N) is 2. The van der Waals surface area contributed by atoms with Crippen molar-refractivity contribution in [2.45, 2.75) is 0 Å². The minimum absolute atomic E-state index is 0.271.